The smallest absolute Gasteiger partial charge is 0.312 e. The van der Waals surface area contributed by atoms with Gasteiger partial charge in [0.15, 0.2) is 0 Å². The van der Waals surface area contributed by atoms with E-state index in [-0.39, 0.29) is 17.0 Å². The molecule has 1 aliphatic rings. The third-order valence-corrected chi connectivity index (χ3v) is 2.91. The summed E-state index contributed by atoms with van der Waals surface area (Å²) in [5, 5.41) is 0. The average molecular weight is 170 g/mol. The Morgan fingerprint density at radius 2 is 1.83 bits per heavy atom. The lowest BCUT2D eigenvalue weighted by Crippen LogP contribution is -2.47. The lowest BCUT2D eigenvalue weighted by molar-refractivity contribution is -0.186. The Morgan fingerprint density at radius 3 is 2.25 bits per heavy atom. The van der Waals surface area contributed by atoms with Crippen LogP contribution < -0.4 is 0 Å². The monoisotopic (exact) mass is 170 g/mol. The first-order valence-electron chi connectivity index (χ1n) is 4.49. The summed E-state index contributed by atoms with van der Waals surface area (Å²) >= 11 is 0. The van der Waals surface area contributed by atoms with E-state index in [2.05, 4.69) is 6.92 Å². The quantitative estimate of drug-likeness (QED) is 0.522. The topological polar surface area (TPSA) is 26.3 Å². The second-order valence-corrected chi connectivity index (χ2v) is 4.98. The van der Waals surface area contributed by atoms with Gasteiger partial charge in [0.2, 0.25) is 0 Å². The summed E-state index contributed by atoms with van der Waals surface area (Å²) in [7, 11) is 0. The number of hydrogen-bond donors (Lipinski definition) is 0. The maximum atomic E-state index is 11.5. The lowest BCUT2D eigenvalue weighted by atomic mass is 9.74. The summed E-state index contributed by atoms with van der Waals surface area (Å²) < 4.78 is 5.36. The van der Waals surface area contributed by atoms with Crippen LogP contribution in [0.1, 0.15) is 41.0 Å². The molecule has 1 unspecified atom stereocenters. The molecule has 1 heterocycles. The number of carbonyl (C=O) groups excluding carboxylic acids is 1. The molecule has 0 amide bonds. The molecule has 1 fully saturated rings. The van der Waals surface area contributed by atoms with Crippen molar-refractivity contribution in [2.24, 2.45) is 11.3 Å². The highest BCUT2D eigenvalue weighted by Crippen LogP contribution is 2.40. The largest absolute Gasteiger partial charge is 0.459 e. The number of ether oxygens (including phenoxy) is 1. The molecule has 1 saturated heterocycles. The minimum absolute atomic E-state index is 0.0643. The zero-order valence-corrected chi connectivity index (χ0v) is 8.60. The molecule has 12 heavy (non-hydrogen) atoms. The van der Waals surface area contributed by atoms with Crippen molar-refractivity contribution in [1.82, 2.24) is 0 Å². The van der Waals surface area contributed by atoms with Gasteiger partial charge in [0.05, 0.1) is 5.41 Å². The summed E-state index contributed by atoms with van der Waals surface area (Å²) in [6.45, 7) is 9.98. The zero-order valence-electron chi connectivity index (χ0n) is 8.60. The van der Waals surface area contributed by atoms with Crippen molar-refractivity contribution in [2.45, 2.75) is 46.6 Å². The van der Waals surface area contributed by atoms with Crippen LogP contribution in [-0.2, 0) is 9.53 Å². The summed E-state index contributed by atoms with van der Waals surface area (Å²) in [5.41, 5.74) is -0.582. The van der Waals surface area contributed by atoms with E-state index in [4.69, 9.17) is 4.74 Å². The first-order chi connectivity index (χ1) is 5.26. The lowest BCUT2D eigenvalue weighted by Gasteiger charge is -2.42. The molecule has 0 N–H and O–H groups in total. The zero-order chi connectivity index (χ0) is 9.57. The molecular weight excluding hydrogens is 152 g/mol. The number of hydrogen-bond acceptors (Lipinski definition) is 2. The van der Waals surface area contributed by atoms with Crippen molar-refractivity contribution >= 4 is 5.97 Å². The van der Waals surface area contributed by atoms with E-state index in [0.29, 0.717) is 5.92 Å². The molecule has 70 valence electrons. The van der Waals surface area contributed by atoms with Crippen LogP contribution in [0.15, 0.2) is 0 Å². The van der Waals surface area contributed by atoms with Crippen LogP contribution in [0.25, 0.3) is 0 Å². The molecular formula is C10H18O2. The molecule has 0 spiro atoms. The predicted molar refractivity (Wildman–Crippen MR) is 47.7 cm³/mol. The molecule has 0 aromatic rings. The van der Waals surface area contributed by atoms with Crippen LogP contribution in [0, 0.1) is 11.3 Å². The first-order valence-corrected chi connectivity index (χ1v) is 4.49. The van der Waals surface area contributed by atoms with Gasteiger partial charge in [-0.25, -0.2) is 0 Å². The van der Waals surface area contributed by atoms with Crippen LogP contribution in [0.3, 0.4) is 0 Å². The summed E-state index contributed by atoms with van der Waals surface area (Å²) in [6.07, 6.45) is 0.916. The van der Waals surface area contributed by atoms with Crippen molar-refractivity contribution in [3.63, 3.8) is 0 Å². The number of rotatable bonds is 0. The fraction of sp³-hybridized carbons (Fsp3) is 0.900. The summed E-state index contributed by atoms with van der Waals surface area (Å²) in [4.78, 5) is 11.5. The van der Waals surface area contributed by atoms with E-state index in [0.717, 1.165) is 6.42 Å². The molecule has 0 aromatic carbocycles. The highest BCUT2D eigenvalue weighted by Gasteiger charge is 2.45. The molecule has 1 rings (SSSR count). The van der Waals surface area contributed by atoms with Crippen molar-refractivity contribution in [2.75, 3.05) is 0 Å². The van der Waals surface area contributed by atoms with Crippen molar-refractivity contribution < 1.29 is 9.53 Å². The SMILES string of the molecule is CC1CC(C)(C)C(=O)OC1(C)C. The Morgan fingerprint density at radius 1 is 1.33 bits per heavy atom. The fourth-order valence-corrected chi connectivity index (χ4v) is 1.57. The molecule has 1 aliphatic heterocycles. The second kappa shape index (κ2) is 2.48. The Bertz CT molecular complexity index is 204. The van der Waals surface area contributed by atoms with E-state index in [1.165, 1.54) is 0 Å². The van der Waals surface area contributed by atoms with E-state index in [1.54, 1.807) is 0 Å². The van der Waals surface area contributed by atoms with Crippen LogP contribution in [0.5, 0.6) is 0 Å². The maximum absolute atomic E-state index is 11.5. The minimum atomic E-state index is -0.297. The van der Waals surface area contributed by atoms with E-state index in [9.17, 15) is 4.79 Å². The van der Waals surface area contributed by atoms with Crippen LogP contribution in [0.4, 0.5) is 0 Å². The Hall–Kier alpha value is -0.530. The van der Waals surface area contributed by atoms with Gasteiger partial charge in [-0.3, -0.25) is 4.79 Å². The van der Waals surface area contributed by atoms with Gasteiger partial charge in [-0.05, 0) is 40.0 Å². The van der Waals surface area contributed by atoms with Gasteiger partial charge in [0.25, 0.3) is 0 Å². The van der Waals surface area contributed by atoms with Gasteiger partial charge < -0.3 is 4.74 Å². The normalized spacial score (nSPS) is 32.8. The summed E-state index contributed by atoms with van der Waals surface area (Å²) in [5.74, 6) is 0.371. The van der Waals surface area contributed by atoms with Crippen molar-refractivity contribution in [3.8, 4) is 0 Å². The number of esters is 1. The molecule has 0 bridgehead atoms. The number of carbonyl (C=O) groups is 1. The average Bonchev–Trinajstić information content (AvgIpc) is 1.82. The fourth-order valence-electron chi connectivity index (χ4n) is 1.57. The van der Waals surface area contributed by atoms with Gasteiger partial charge in [-0.15, -0.1) is 0 Å². The van der Waals surface area contributed by atoms with Crippen LogP contribution in [0.2, 0.25) is 0 Å². The minimum Gasteiger partial charge on any atom is -0.459 e. The van der Waals surface area contributed by atoms with Gasteiger partial charge in [0.1, 0.15) is 5.60 Å². The Balaban J connectivity index is 2.83. The van der Waals surface area contributed by atoms with Gasteiger partial charge in [-0.1, -0.05) is 6.92 Å². The summed E-state index contributed by atoms with van der Waals surface area (Å²) in [6, 6.07) is 0. The molecule has 1 atom stereocenters. The van der Waals surface area contributed by atoms with E-state index in [1.807, 2.05) is 27.7 Å². The Labute approximate surface area is 74.3 Å². The third-order valence-electron chi connectivity index (χ3n) is 2.91. The highest BCUT2D eigenvalue weighted by molar-refractivity contribution is 5.77. The first kappa shape index (κ1) is 9.56. The maximum Gasteiger partial charge on any atom is 0.312 e. The van der Waals surface area contributed by atoms with Gasteiger partial charge in [0, 0.05) is 0 Å². The van der Waals surface area contributed by atoms with Gasteiger partial charge in [-0.2, -0.15) is 0 Å². The standard InChI is InChI=1S/C10H18O2/c1-7-6-9(2,3)8(11)12-10(7,4)5/h7H,6H2,1-5H3. The van der Waals surface area contributed by atoms with Gasteiger partial charge >= 0.3 is 5.97 Å². The molecule has 0 radical (unpaired) electrons. The van der Waals surface area contributed by atoms with Crippen molar-refractivity contribution in [1.29, 1.82) is 0 Å². The molecule has 0 aliphatic carbocycles. The molecule has 2 nitrogen and oxygen atoms in total. The molecule has 0 saturated carbocycles. The Kier molecular flexibility index (Phi) is 1.97. The predicted octanol–water partition coefficient (Wildman–Crippen LogP) is 2.37. The molecule has 2 heteroatoms. The second-order valence-electron chi connectivity index (χ2n) is 4.98. The number of cyclic esters (lactones) is 1. The van der Waals surface area contributed by atoms with Crippen molar-refractivity contribution in [3.05, 3.63) is 0 Å². The van der Waals surface area contributed by atoms with E-state index >= 15 is 0 Å². The van der Waals surface area contributed by atoms with Crippen LogP contribution >= 0.6 is 0 Å². The third kappa shape index (κ3) is 1.47. The molecule has 0 aromatic heterocycles. The van der Waals surface area contributed by atoms with Crippen LogP contribution in [-0.4, -0.2) is 11.6 Å². The highest BCUT2D eigenvalue weighted by atomic mass is 16.6. The van der Waals surface area contributed by atoms with E-state index < -0.39 is 0 Å².